The molecule has 2 N–H and O–H groups in total. The lowest BCUT2D eigenvalue weighted by molar-refractivity contribution is 0.323. The van der Waals surface area contributed by atoms with Gasteiger partial charge in [-0.05, 0) is 36.3 Å². The summed E-state index contributed by atoms with van der Waals surface area (Å²) in [5.74, 6) is 1.62. The Kier molecular flexibility index (Phi) is 3.72. The van der Waals surface area contributed by atoms with Gasteiger partial charge in [0.15, 0.2) is 0 Å². The van der Waals surface area contributed by atoms with Gasteiger partial charge < -0.3 is 10.6 Å². The monoisotopic (exact) mass is 232 g/mol. The number of hydrogen-bond acceptors (Lipinski definition) is 2. The Hall–Kier alpha value is -1.02. The second-order valence-corrected chi connectivity index (χ2v) is 5.48. The summed E-state index contributed by atoms with van der Waals surface area (Å²) < 4.78 is 0. The first-order valence-corrected chi connectivity index (χ1v) is 6.67. The van der Waals surface area contributed by atoms with Gasteiger partial charge in [0.25, 0.3) is 0 Å². The molecule has 0 radical (unpaired) electrons. The summed E-state index contributed by atoms with van der Waals surface area (Å²) >= 11 is 0. The van der Waals surface area contributed by atoms with E-state index in [0.29, 0.717) is 6.54 Å². The van der Waals surface area contributed by atoms with Crippen LogP contribution in [0.15, 0.2) is 18.2 Å². The van der Waals surface area contributed by atoms with E-state index in [0.717, 1.165) is 11.8 Å². The highest BCUT2D eigenvalue weighted by Crippen LogP contribution is 2.31. The molecule has 2 nitrogen and oxygen atoms in total. The second kappa shape index (κ2) is 5.09. The minimum atomic E-state index is 0.636. The largest absolute Gasteiger partial charge is 0.371 e. The molecular formula is C15H24N2. The van der Waals surface area contributed by atoms with Crippen molar-refractivity contribution in [3.05, 3.63) is 29.3 Å². The summed E-state index contributed by atoms with van der Waals surface area (Å²) in [4.78, 5) is 2.53. The van der Waals surface area contributed by atoms with Crippen molar-refractivity contribution in [2.45, 2.75) is 33.7 Å². The highest BCUT2D eigenvalue weighted by molar-refractivity contribution is 5.59. The maximum Gasteiger partial charge on any atom is 0.0441 e. The Morgan fingerprint density at radius 3 is 2.71 bits per heavy atom. The van der Waals surface area contributed by atoms with E-state index in [1.54, 1.807) is 0 Å². The Morgan fingerprint density at radius 2 is 2.06 bits per heavy atom. The summed E-state index contributed by atoms with van der Waals surface area (Å²) in [7, 11) is 0. The number of anilines is 1. The SMILES string of the molecule is Cc1cccc(CN)c1N1CCC(C)C(C)C1. The lowest BCUT2D eigenvalue weighted by atomic mass is 9.88. The fraction of sp³-hybridized carbons (Fsp3) is 0.600. The van der Waals surface area contributed by atoms with Crippen molar-refractivity contribution < 1.29 is 0 Å². The lowest BCUT2D eigenvalue weighted by Crippen LogP contribution is -2.39. The Balaban J connectivity index is 2.28. The average Bonchev–Trinajstić information content (AvgIpc) is 2.32. The lowest BCUT2D eigenvalue weighted by Gasteiger charge is -2.38. The van der Waals surface area contributed by atoms with Crippen LogP contribution >= 0.6 is 0 Å². The third-order valence-electron chi connectivity index (χ3n) is 4.19. The number of nitrogens with zero attached hydrogens (tertiary/aromatic N) is 1. The molecule has 1 saturated heterocycles. The van der Waals surface area contributed by atoms with Gasteiger partial charge in [0, 0.05) is 25.3 Å². The van der Waals surface area contributed by atoms with Crippen LogP contribution in [0.3, 0.4) is 0 Å². The van der Waals surface area contributed by atoms with E-state index in [1.165, 1.54) is 36.3 Å². The van der Waals surface area contributed by atoms with Gasteiger partial charge in [-0.3, -0.25) is 0 Å². The molecule has 1 fully saturated rings. The molecule has 94 valence electrons. The smallest absolute Gasteiger partial charge is 0.0441 e. The van der Waals surface area contributed by atoms with Crippen molar-refractivity contribution in [1.29, 1.82) is 0 Å². The van der Waals surface area contributed by atoms with Gasteiger partial charge >= 0.3 is 0 Å². The Bertz CT molecular complexity index is 387. The first-order valence-electron chi connectivity index (χ1n) is 6.67. The van der Waals surface area contributed by atoms with Gasteiger partial charge in [-0.1, -0.05) is 32.0 Å². The zero-order chi connectivity index (χ0) is 12.4. The van der Waals surface area contributed by atoms with Gasteiger partial charge in [0.05, 0.1) is 0 Å². The molecule has 0 aromatic heterocycles. The van der Waals surface area contributed by atoms with Crippen molar-refractivity contribution in [3.8, 4) is 0 Å². The summed E-state index contributed by atoms with van der Waals surface area (Å²) in [5.41, 5.74) is 9.88. The van der Waals surface area contributed by atoms with Crippen molar-refractivity contribution in [2.24, 2.45) is 17.6 Å². The van der Waals surface area contributed by atoms with E-state index < -0.39 is 0 Å². The number of rotatable bonds is 2. The third-order valence-corrected chi connectivity index (χ3v) is 4.19. The molecule has 1 heterocycles. The minimum Gasteiger partial charge on any atom is -0.371 e. The van der Waals surface area contributed by atoms with Crippen molar-refractivity contribution in [1.82, 2.24) is 0 Å². The molecule has 0 bridgehead atoms. The Morgan fingerprint density at radius 1 is 1.29 bits per heavy atom. The standard InChI is InChI=1S/C15H24N2/c1-11-7-8-17(10-13(11)3)15-12(2)5-4-6-14(15)9-16/h4-6,11,13H,7-10,16H2,1-3H3. The van der Waals surface area contributed by atoms with Crippen LogP contribution in [0.5, 0.6) is 0 Å². The fourth-order valence-electron chi connectivity index (χ4n) is 2.80. The van der Waals surface area contributed by atoms with E-state index in [4.69, 9.17) is 5.73 Å². The van der Waals surface area contributed by atoms with Crippen LogP contribution in [0.2, 0.25) is 0 Å². The van der Waals surface area contributed by atoms with Crippen LogP contribution in [0, 0.1) is 18.8 Å². The fourth-order valence-corrected chi connectivity index (χ4v) is 2.80. The maximum absolute atomic E-state index is 5.86. The van der Waals surface area contributed by atoms with Gasteiger partial charge in [-0.25, -0.2) is 0 Å². The number of benzene rings is 1. The van der Waals surface area contributed by atoms with Gasteiger partial charge in [-0.2, -0.15) is 0 Å². The quantitative estimate of drug-likeness (QED) is 0.849. The number of para-hydroxylation sites is 1. The Labute approximate surface area is 105 Å². The minimum absolute atomic E-state index is 0.636. The van der Waals surface area contributed by atoms with E-state index >= 15 is 0 Å². The topological polar surface area (TPSA) is 29.3 Å². The van der Waals surface area contributed by atoms with Crippen molar-refractivity contribution >= 4 is 5.69 Å². The molecule has 0 amide bonds. The molecule has 1 aromatic carbocycles. The molecule has 1 aliphatic heterocycles. The van der Waals surface area contributed by atoms with Crippen LogP contribution in [0.4, 0.5) is 5.69 Å². The van der Waals surface area contributed by atoms with Gasteiger partial charge in [-0.15, -0.1) is 0 Å². The van der Waals surface area contributed by atoms with E-state index in [1.807, 2.05) is 0 Å². The maximum atomic E-state index is 5.86. The number of hydrogen-bond donors (Lipinski definition) is 1. The second-order valence-electron chi connectivity index (χ2n) is 5.48. The molecule has 2 rings (SSSR count). The van der Waals surface area contributed by atoms with E-state index in [2.05, 4.69) is 43.9 Å². The molecule has 0 aliphatic carbocycles. The molecular weight excluding hydrogens is 208 g/mol. The highest BCUT2D eigenvalue weighted by Gasteiger charge is 2.24. The first kappa shape index (κ1) is 12.4. The van der Waals surface area contributed by atoms with Crippen LogP contribution in [0.25, 0.3) is 0 Å². The van der Waals surface area contributed by atoms with Gasteiger partial charge in [0.2, 0.25) is 0 Å². The molecule has 1 aliphatic rings. The molecule has 2 atom stereocenters. The molecule has 17 heavy (non-hydrogen) atoms. The van der Waals surface area contributed by atoms with E-state index in [-0.39, 0.29) is 0 Å². The van der Waals surface area contributed by atoms with Crippen LogP contribution in [0.1, 0.15) is 31.4 Å². The summed E-state index contributed by atoms with van der Waals surface area (Å²) in [6.07, 6.45) is 1.29. The third kappa shape index (κ3) is 2.47. The van der Waals surface area contributed by atoms with Crippen LogP contribution in [-0.4, -0.2) is 13.1 Å². The molecule has 2 unspecified atom stereocenters. The van der Waals surface area contributed by atoms with Crippen molar-refractivity contribution in [3.63, 3.8) is 0 Å². The van der Waals surface area contributed by atoms with E-state index in [9.17, 15) is 0 Å². The van der Waals surface area contributed by atoms with Crippen molar-refractivity contribution in [2.75, 3.05) is 18.0 Å². The normalized spacial score (nSPS) is 25.1. The molecule has 0 spiro atoms. The summed E-state index contributed by atoms with van der Waals surface area (Å²) in [6, 6.07) is 6.46. The van der Waals surface area contributed by atoms with Crippen LogP contribution in [-0.2, 0) is 6.54 Å². The van der Waals surface area contributed by atoms with Crippen LogP contribution < -0.4 is 10.6 Å². The summed E-state index contributed by atoms with van der Waals surface area (Å²) in [5, 5.41) is 0. The average molecular weight is 232 g/mol. The zero-order valence-corrected chi connectivity index (χ0v) is 11.2. The number of piperidine rings is 1. The molecule has 1 aromatic rings. The summed E-state index contributed by atoms with van der Waals surface area (Å²) in [6.45, 7) is 9.89. The first-order chi connectivity index (χ1) is 8.13. The molecule has 0 saturated carbocycles. The molecule has 2 heteroatoms. The predicted octanol–water partition coefficient (Wildman–Crippen LogP) is 2.94. The predicted molar refractivity (Wildman–Crippen MR) is 74.2 cm³/mol. The number of aryl methyl sites for hydroxylation is 1. The van der Waals surface area contributed by atoms with Gasteiger partial charge in [0.1, 0.15) is 0 Å². The zero-order valence-electron chi connectivity index (χ0n) is 11.2. The number of nitrogens with two attached hydrogens (primary N) is 1. The highest BCUT2D eigenvalue weighted by atomic mass is 15.1.